The third-order valence-corrected chi connectivity index (χ3v) is 10.8. The summed E-state index contributed by atoms with van der Waals surface area (Å²) >= 11 is 0. The van der Waals surface area contributed by atoms with Gasteiger partial charge in [-0.2, -0.15) is 0 Å². The van der Waals surface area contributed by atoms with Crippen LogP contribution < -0.4 is 9.64 Å². The third kappa shape index (κ3) is 4.38. The Morgan fingerprint density at radius 1 is 0.938 bits per heavy atom. The quantitative estimate of drug-likeness (QED) is 0.651. The van der Waals surface area contributed by atoms with Crippen LogP contribution in [0, 0.1) is 13.8 Å². The minimum atomic E-state index is -3.92. The van der Waals surface area contributed by atoms with Gasteiger partial charge in [-0.25, -0.2) is 16.8 Å². The summed E-state index contributed by atoms with van der Waals surface area (Å²) in [6.07, 6.45) is 0. The standard InChI is InChI=1S/C23H30N2O5S2/c1-17-13-21(30-3)22(14-18(17)2)32(28,29)23-16-31(26,27)15-20(23)25-11-9-24(10-12-25)19-7-5-4-6-8-19/h4-8,13-14,20,23H,9-12,15-16H2,1-3H3/t20-,23-/m0/s1. The molecule has 2 aromatic carbocycles. The Balaban J connectivity index is 1.62. The van der Waals surface area contributed by atoms with E-state index in [1.165, 1.54) is 7.11 Å². The Bertz CT molecular complexity index is 1190. The summed E-state index contributed by atoms with van der Waals surface area (Å²) in [5.41, 5.74) is 2.88. The van der Waals surface area contributed by atoms with E-state index in [1.807, 2.05) is 36.9 Å². The van der Waals surface area contributed by atoms with Crippen molar-refractivity contribution in [1.29, 1.82) is 0 Å². The number of methoxy groups -OCH3 is 1. The summed E-state index contributed by atoms with van der Waals surface area (Å²) in [5.74, 6) is -0.213. The van der Waals surface area contributed by atoms with Gasteiger partial charge >= 0.3 is 0 Å². The maximum Gasteiger partial charge on any atom is 0.187 e. The summed E-state index contributed by atoms with van der Waals surface area (Å²) in [7, 11) is -5.94. The van der Waals surface area contributed by atoms with E-state index in [2.05, 4.69) is 17.0 Å². The molecule has 4 rings (SSSR count). The van der Waals surface area contributed by atoms with Crippen LogP contribution in [0.3, 0.4) is 0 Å². The highest BCUT2D eigenvalue weighted by molar-refractivity contribution is 7.96. The molecule has 174 valence electrons. The van der Waals surface area contributed by atoms with Gasteiger partial charge in [0.05, 0.1) is 23.9 Å². The highest BCUT2D eigenvalue weighted by Gasteiger charge is 2.49. The van der Waals surface area contributed by atoms with Crippen LogP contribution in [-0.2, 0) is 19.7 Å². The summed E-state index contributed by atoms with van der Waals surface area (Å²) in [4.78, 5) is 4.37. The topological polar surface area (TPSA) is 84.0 Å². The van der Waals surface area contributed by atoms with Gasteiger partial charge in [-0.05, 0) is 49.2 Å². The van der Waals surface area contributed by atoms with Crippen LogP contribution in [0.1, 0.15) is 11.1 Å². The van der Waals surface area contributed by atoms with Crippen LogP contribution in [0.5, 0.6) is 5.75 Å². The Morgan fingerprint density at radius 3 is 2.19 bits per heavy atom. The molecule has 0 aliphatic carbocycles. The maximum atomic E-state index is 13.7. The monoisotopic (exact) mass is 478 g/mol. The number of aryl methyl sites for hydroxylation is 2. The summed E-state index contributed by atoms with van der Waals surface area (Å²) in [6, 6.07) is 12.8. The van der Waals surface area contributed by atoms with Gasteiger partial charge in [0.2, 0.25) is 0 Å². The molecule has 0 aromatic heterocycles. The van der Waals surface area contributed by atoms with Gasteiger partial charge in [-0.3, -0.25) is 4.90 Å². The lowest BCUT2D eigenvalue weighted by molar-refractivity contribution is 0.201. The first kappa shape index (κ1) is 23.1. The molecule has 2 saturated heterocycles. The maximum absolute atomic E-state index is 13.7. The number of ether oxygens (including phenoxy) is 1. The molecule has 2 aliphatic rings. The van der Waals surface area contributed by atoms with Crippen molar-refractivity contribution in [3.8, 4) is 5.75 Å². The summed E-state index contributed by atoms with van der Waals surface area (Å²) in [5, 5.41) is -1.01. The number of hydrogen-bond donors (Lipinski definition) is 0. The van der Waals surface area contributed by atoms with E-state index in [0.717, 1.165) is 29.9 Å². The molecular weight excluding hydrogens is 448 g/mol. The largest absolute Gasteiger partial charge is 0.495 e. The van der Waals surface area contributed by atoms with Gasteiger partial charge in [-0.15, -0.1) is 0 Å². The van der Waals surface area contributed by atoms with Crippen molar-refractivity contribution in [2.75, 3.05) is 49.7 Å². The number of anilines is 1. The van der Waals surface area contributed by atoms with Crippen LogP contribution >= 0.6 is 0 Å². The fourth-order valence-electron chi connectivity index (χ4n) is 4.69. The van der Waals surface area contributed by atoms with Crippen LogP contribution in [-0.4, -0.2) is 77.8 Å². The van der Waals surface area contributed by atoms with Crippen molar-refractivity contribution >= 4 is 25.4 Å². The fraction of sp³-hybridized carbons (Fsp3) is 0.478. The summed E-state index contributed by atoms with van der Waals surface area (Å²) in [6.45, 7) is 6.42. The Hall–Kier alpha value is -2.10. The van der Waals surface area contributed by atoms with Crippen molar-refractivity contribution in [3.05, 3.63) is 53.6 Å². The minimum absolute atomic E-state index is 0.0816. The number of piperazine rings is 1. The van der Waals surface area contributed by atoms with Crippen molar-refractivity contribution < 1.29 is 21.6 Å². The molecule has 0 bridgehead atoms. The van der Waals surface area contributed by atoms with Crippen molar-refractivity contribution in [3.63, 3.8) is 0 Å². The predicted octanol–water partition coefficient (Wildman–Crippen LogP) is 2.07. The van der Waals surface area contributed by atoms with E-state index in [0.29, 0.717) is 13.1 Å². The Kier molecular flexibility index (Phi) is 6.26. The molecule has 0 radical (unpaired) electrons. The van der Waals surface area contributed by atoms with Crippen LogP contribution in [0.15, 0.2) is 47.4 Å². The van der Waals surface area contributed by atoms with Gasteiger partial charge in [0.15, 0.2) is 19.7 Å². The van der Waals surface area contributed by atoms with Crippen molar-refractivity contribution in [2.24, 2.45) is 0 Å². The number of rotatable bonds is 5. The van der Waals surface area contributed by atoms with E-state index < -0.39 is 31.0 Å². The normalized spacial score (nSPS) is 23.9. The average molecular weight is 479 g/mol. The van der Waals surface area contributed by atoms with Gasteiger partial charge in [-0.1, -0.05) is 18.2 Å². The van der Waals surface area contributed by atoms with Crippen molar-refractivity contribution in [1.82, 2.24) is 4.90 Å². The second kappa shape index (κ2) is 8.68. The number of para-hydroxylation sites is 1. The Morgan fingerprint density at radius 2 is 1.56 bits per heavy atom. The molecule has 2 atom stereocenters. The van der Waals surface area contributed by atoms with Crippen molar-refractivity contribution in [2.45, 2.75) is 30.0 Å². The second-order valence-corrected chi connectivity index (χ2v) is 13.0. The first-order chi connectivity index (χ1) is 15.1. The highest BCUT2D eigenvalue weighted by atomic mass is 32.2. The molecule has 32 heavy (non-hydrogen) atoms. The van der Waals surface area contributed by atoms with E-state index in [-0.39, 0.29) is 22.2 Å². The van der Waals surface area contributed by atoms with Crippen LogP contribution in [0.4, 0.5) is 5.69 Å². The van der Waals surface area contributed by atoms with E-state index in [9.17, 15) is 16.8 Å². The first-order valence-electron chi connectivity index (χ1n) is 10.8. The van der Waals surface area contributed by atoms with E-state index in [1.54, 1.807) is 12.1 Å². The van der Waals surface area contributed by atoms with E-state index in [4.69, 9.17) is 4.74 Å². The molecule has 0 N–H and O–H groups in total. The Labute approximate surface area is 190 Å². The molecule has 2 aliphatic heterocycles. The van der Waals surface area contributed by atoms with Gasteiger partial charge in [0.25, 0.3) is 0 Å². The molecule has 0 saturated carbocycles. The summed E-state index contributed by atoms with van der Waals surface area (Å²) < 4.78 is 58.0. The molecule has 2 aromatic rings. The molecule has 0 amide bonds. The zero-order valence-corrected chi connectivity index (χ0v) is 20.3. The minimum Gasteiger partial charge on any atom is -0.495 e. The van der Waals surface area contributed by atoms with Crippen LogP contribution in [0.25, 0.3) is 0 Å². The number of nitrogens with zero attached hydrogens (tertiary/aromatic N) is 2. The molecule has 0 unspecified atom stereocenters. The van der Waals surface area contributed by atoms with Gasteiger partial charge in [0.1, 0.15) is 10.6 Å². The van der Waals surface area contributed by atoms with Crippen LogP contribution in [0.2, 0.25) is 0 Å². The number of hydrogen-bond acceptors (Lipinski definition) is 7. The first-order valence-corrected chi connectivity index (χ1v) is 14.1. The van der Waals surface area contributed by atoms with Gasteiger partial charge in [0, 0.05) is 37.9 Å². The zero-order valence-electron chi connectivity index (χ0n) is 18.7. The lowest BCUT2D eigenvalue weighted by atomic mass is 10.1. The second-order valence-electron chi connectivity index (χ2n) is 8.67. The fourth-order valence-corrected chi connectivity index (χ4v) is 9.75. The third-order valence-electron chi connectivity index (χ3n) is 6.66. The lowest BCUT2D eigenvalue weighted by Gasteiger charge is -2.40. The molecule has 9 heteroatoms. The van der Waals surface area contributed by atoms with E-state index >= 15 is 0 Å². The van der Waals surface area contributed by atoms with Gasteiger partial charge < -0.3 is 9.64 Å². The smallest absolute Gasteiger partial charge is 0.187 e. The molecule has 2 fully saturated rings. The SMILES string of the molecule is COc1cc(C)c(C)cc1S(=O)(=O)[C@H]1CS(=O)(=O)C[C@@H]1N1CCN(c2ccccc2)CC1. The molecule has 2 heterocycles. The molecule has 0 spiro atoms. The number of sulfone groups is 2. The predicted molar refractivity (Wildman–Crippen MR) is 126 cm³/mol. The zero-order chi connectivity index (χ0) is 23.1. The molecule has 7 nitrogen and oxygen atoms in total. The average Bonchev–Trinajstić information content (AvgIpc) is 3.12. The number of benzene rings is 2. The lowest BCUT2D eigenvalue weighted by Crippen LogP contribution is -2.55. The highest BCUT2D eigenvalue weighted by Crippen LogP contribution is 2.35. The molecular formula is C23H30N2O5S2.